The van der Waals surface area contributed by atoms with Crippen LogP contribution in [0.5, 0.6) is 0 Å². The molecule has 0 N–H and O–H groups in total. The molecule has 0 spiro atoms. The lowest BCUT2D eigenvalue weighted by Crippen LogP contribution is -2.01. The molecule has 5 aromatic rings. The third-order valence-electron chi connectivity index (χ3n) is 5.72. The highest BCUT2D eigenvalue weighted by atomic mass is 16.6. The molecule has 0 aliphatic rings. The van der Waals surface area contributed by atoms with E-state index in [1.54, 1.807) is 29.1 Å². The number of carbonyl (C=O) groups is 1. The zero-order chi connectivity index (χ0) is 26.5. The third kappa shape index (κ3) is 5.54. The largest absolute Gasteiger partial charge is 0.456 e. The molecule has 0 atom stereocenters. The maximum absolute atomic E-state index is 12.5. The predicted molar refractivity (Wildman–Crippen MR) is 141 cm³/mol. The van der Waals surface area contributed by atoms with E-state index in [-0.39, 0.29) is 12.3 Å². The zero-order valence-corrected chi connectivity index (χ0v) is 20.3. The molecular weight excluding hydrogens is 484 g/mol. The molecule has 188 valence electrons. The van der Waals surface area contributed by atoms with Gasteiger partial charge in [-0.2, -0.15) is 5.10 Å². The van der Waals surface area contributed by atoms with Crippen LogP contribution in [-0.4, -0.2) is 35.7 Å². The first kappa shape index (κ1) is 24.3. The van der Waals surface area contributed by atoms with E-state index in [0.717, 1.165) is 28.1 Å². The van der Waals surface area contributed by atoms with Crippen LogP contribution in [0.25, 0.3) is 28.7 Å². The highest BCUT2D eigenvalue weighted by Crippen LogP contribution is 2.25. The Hall–Kier alpha value is -5.38. The van der Waals surface area contributed by atoms with Gasteiger partial charge in [-0.25, -0.2) is 14.2 Å². The quantitative estimate of drug-likeness (QED) is 0.124. The molecule has 0 bridgehead atoms. The number of nitrogens with zero attached hydrogens (tertiary/aromatic N) is 6. The fraction of sp³-hybridized carbons (Fsp3) is 0.0714. The van der Waals surface area contributed by atoms with E-state index in [9.17, 15) is 14.9 Å². The standard InChI is InChI=1S/C28H22N6O4/c1-20-7-9-21(10-8-20)28-22(17-32(30-28)24-5-3-2-4-6-24)11-16-27(35)38-19-23-18-33(31-29-23)25-12-14-26(15-13-25)34(36)37/h2-18H,19H2,1H3/b16-11+. The number of ether oxygens (including phenoxy) is 1. The number of aryl methyl sites for hydroxylation is 1. The van der Waals surface area contributed by atoms with E-state index in [1.807, 2.05) is 67.7 Å². The van der Waals surface area contributed by atoms with Crippen molar-refractivity contribution in [1.82, 2.24) is 24.8 Å². The van der Waals surface area contributed by atoms with Crippen molar-refractivity contribution < 1.29 is 14.5 Å². The fourth-order valence-corrected chi connectivity index (χ4v) is 3.73. The predicted octanol–water partition coefficient (Wildman–Crippen LogP) is 5.09. The van der Waals surface area contributed by atoms with Crippen molar-refractivity contribution in [1.29, 1.82) is 0 Å². The minimum absolute atomic E-state index is 0.0188. The molecule has 10 heteroatoms. The van der Waals surface area contributed by atoms with Gasteiger partial charge in [0, 0.05) is 35.5 Å². The van der Waals surface area contributed by atoms with E-state index in [0.29, 0.717) is 11.4 Å². The third-order valence-corrected chi connectivity index (χ3v) is 5.72. The summed E-state index contributed by atoms with van der Waals surface area (Å²) in [5.74, 6) is -0.544. The molecule has 2 aromatic heterocycles. The zero-order valence-electron chi connectivity index (χ0n) is 20.3. The number of rotatable bonds is 8. The first-order chi connectivity index (χ1) is 18.5. The molecule has 0 saturated heterocycles. The number of non-ortho nitro benzene ring substituents is 1. The van der Waals surface area contributed by atoms with Gasteiger partial charge in [0.1, 0.15) is 12.3 Å². The monoisotopic (exact) mass is 506 g/mol. The second-order valence-electron chi connectivity index (χ2n) is 8.45. The lowest BCUT2D eigenvalue weighted by atomic mass is 10.1. The van der Waals surface area contributed by atoms with Gasteiger partial charge in [0.2, 0.25) is 0 Å². The second-order valence-corrected chi connectivity index (χ2v) is 8.45. The molecule has 2 heterocycles. The molecule has 38 heavy (non-hydrogen) atoms. The Labute approximate surface area is 217 Å². The van der Waals surface area contributed by atoms with Crippen molar-refractivity contribution in [3.8, 4) is 22.6 Å². The van der Waals surface area contributed by atoms with Gasteiger partial charge in [0.15, 0.2) is 0 Å². The number of nitro benzene ring substituents is 1. The molecule has 0 fully saturated rings. The molecule has 0 aliphatic heterocycles. The van der Waals surface area contributed by atoms with Crippen LogP contribution in [0.3, 0.4) is 0 Å². The minimum atomic E-state index is -0.544. The van der Waals surface area contributed by atoms with Crippen molar-refractivity contribution in [3.63, 3.8) is 0 Å². The first-order valence-electron chi connectivity index (χ1n) is 11.7. The van der Waals surface area contributed by atoms with E-state index in [1.165, 1.54) is 22.9 Å². The summed E-state index contributed by atoms with van der Waals surface area (Å²) in [6.45, 7) is 1.94. The van der Waals surface area contributed by atoms with E-state index < -0.39 is 10.9 Å². The van der Waals surface area contributed by atoms with Crippen LogP contribution in [0, 0.1) is 17.0 Å². The minimum Gasteiger partial charge on any atom is -0.456 e. The summed E-state index contributed by atoms with van der Waals surface area (Å²) in [4.78, 5) is 22.8. The van der Waals surface area contributed by atoms with Gasteiger partial charge >= 0.3 is 5.97 Å². The van der Waals surface area contributed by atoms with Crippen LogP contribution < -0.4 is 0 Å². The Morgan fingerprint density at radius 1 is 0.947 bits per heavy atom. The van der Waals surface area contributed by atoms with Gasteiger partial charge in [-0.05, 0) is 37.3 Å². The smallest absolute Gasteiger partial charge is 0.331 e. The first-order valence-corrected chi connectivity index (χ1v) is 11.7. The van der Waals surface area contributed by atoms with Crippen molar-refractivity contribution in [2.24, 2.45) is 0 Å². The van der Waals surface area contributed by atoms with E-state index >= 15 is 0 Å². The normalized spacial score (nSPS) is 11.1. The molecule has 0 aliphatic carbocycles. The Kier molecular flexibility index (Phi) is 6.85. The van der Waals surface area contributed by atoms with Gasteiger partial charge in [-0.3, -0.25) is 10.1 Å². The molecule has 0 saturated carbocycles. The average molecular weight is 507 g/mol. The molecule has 0 radical (unpaired) electrons. The SMILES string of the molecule is Cc1ccc(-c2nn(-c3ccccc3)cc2/C=C/C(=O)OCc2cn(-c3ccc([N+](=O)[O-])cc3)nn2)cc1. The summed E-state index contributed by atoms with van der Waals surface area (Å²) in [6, 6.07) is 23.6. The highest BCUT2D eigenvalue weighted by molar-refractivity contribution is 5.88. The number of para-hydroxylation sites is 1. The second kappa shape index (κ2) is 10.7. The fourth-order valence-electron chi connectivity index (χ4n) is 3.73. The number of benzene rings is 3. The van der Waals surface area contributed by atoms with E-state index in [2.05, 4.69) is 10.3 Å². The number of carbonyl (C=O) groups excluding carboxylic acids is 1. The van der Waals surface area contributed by atoms with Gasteiger partial charge in [0.05, 0.1) is 28.2 Å². The molecule has 3 aromatic carbocycles. The van der Waals surface area contributed by atoms with Crippen LogP contribution in [0.15, 0.2) is 97.3 Å². The van der Waals surface area contributed by atoms with Crippen LogP contribution in [0.4, 0.5) is 5.69 Å². The molecule has 5 rings (SSSR count). The highest BCUT2D eigenvalue weighted by Gasteiger charge is 2.12. The van der Waals surface area contributed by atoms with Crippen LogP contribution in [0.1, 0.15) is 16.8 Å². The molecule has 0 amide bonds. The van der Waals surface area contributed by atoms with Crippen LogP contribution >= 0.6 is 0 Å². The van der Waals surface area contributed by atoms with Gasteiger partial charge in [-0.1, -0.05) is 53.2 Å². The maximum Gasteiger partial charge on any atom is 0.331 e. The summed E-state index contributed by atoms with van der Waals surface area (Å²) >= 11 is 0. The Bertz CT molecular complexity index is 1600. The van der Waals surface area contributed by atoms with Crippen molar-refractivity contribution >= 4 is 17.7 Å². The Morgan fingerprint density at radius 2 is 1.66 bits per heavy atom. The van der Waals surface area contributed by atoms with E-state index in [4.69, 9.17) is 9.84 Å². The number of aromatic nitrogens is 5. The van der Waals surface area contributed by atoms with Crippen molar-refractivity contribution in [3.05, 3.63) is 124 Å². The van der Waals surface area contributed by atoms with Crippen molar-refractivity contribution in [2.75, 3.05) is 0 Å². The number of hydrogen-bond acceptors (Lipinski definition) is 7. The average Bonchev–Trinajstić information content (AvgIpc) is 3.59. The van der Waals surface area contributed by atoms with Crippen molar-refractivity contribution in [2.45, 2.75) is 13.5 Å². The summed E-state index contributed by atoms with van der Waals surface area (Å²) in [7, 11) is 0. The Balaban J connectivity index is 1.29. The summed E-state index contributed by atoms with van der Waals surface area (Å²) in [5, 5.41) is 23.6. The summed E-state index contributed by atoms with van der Waals surface area (Å²) in [6.07, 6.45) is 6.49. The van der Waals surface area contributed by atoms with Crippen LogP contribution in [0.2, 0.25) is 0 Å². The van der Waals surface area contributed by atoms with Gasteiger partial charge in [0.25, 0.3) is 5.69 Å². The number of nitro groups is 1. The molecular formula is C28H22N6O4. The molecule has 10 nitrogen and oxygen atoms in total. The topological polar surface area (TPSA) is 118 Å². The lowest BCUT2D eigenvalue weighted by molar-refractivity contribution is -0.384. The van der Waals surface area contributed by atoms with Crippen LogP contribution in [-0.2, 0) is 16.1 Å². The Morgan fingerprint density at radius 3 is 2.37 bits per heavy atom. The summed E-state index contributed by atoms with van der Waals surface area (Å²) in [5.41, 5.74) is 5.49. The number of hydrogen-bond donors (Lipinski definition) is 0. The molecule has 0 unspecified atom stereocenters. The van der Waals surface area contributed by atoms with Gasteiger partial charge in [-0.15, -0.1) is 5.10 Å². The van der Waals surface area contributed by atoms with Gasteiger partial charge < -0.3 is 4.74 Å². The maximum atomic E-state index is 12.5. The number of esters is 1. The summed E-state index contributed by atoms with van der Waals surface area (Å²) < 4.78 is 8.57. The lowest BCUT2D eigenvalue weighted by Gasteiger charge is -2.01.